The van der Waals surface area contributed by atoms with Gasteiger partial charge in [0.2, 0.25) is 0 Å². The molecule has 3 saturated heterocycles. The fourth-order valence-electron chi connectivity index (χ4n) is 9.69. The number of hydrogen-bond donors (Lipinski definition) is 3. The largest absolute Gasteiger partial charge is 0.453 e. The molecule has 0 atom stereocenters. The van der Waals surface area contributed by atoms with Crippen molar-refractivity contribution in [1.82, 2.24) is 24.5 Å². The number of fused-ring (bicyclic) bond motifs is 1. The Hall–Kier alpha value is -4.51. The highest BCUT2D eigenvalue weighted by atomic mass is 79.9. The van der Waals surface area contributed by atoms with Crippen molar-refractivity contribution in [2.75, 3.05) is 69.2 Å². The van der Waals surface area contributed by atoms with Crippen LogP contribution in [0.1, 0.15) is 74.7 Å². The number of halogens is 3. The summed E-state index contributed by atoms with van der Waals surface area (Å²) < 4.78 is 57.5. The number of nitrogens with zero attached hydrogens (tertiary/aromatic N) is 4. The summed E-state index contributed by atoms with van der Waals surface area (Å²) in [5, 5.41) is 4.92. The molecule has 3 aromatic carbocycles. The van der Waals surface area contributed by atoms with Gasteiger partial charge in [0, 0.05) is 117 Å². The Labute approximate surface area is 394 Å². The van der Waals surface area contributed by atoms with Crippen LogP contribution in [0, 0.1) is 11.2 Å². The molecule has 0 saturated carbocycles. The average Bonchev–Trinajstić information content (AvgIpc) is 3.75. The first-order chi connectivity index (χ1) is 31.3. The predicted molar refractivity (Wildman–Crippen MR) is 258 cm³/mol. The smallest absolute Gasteiger partial charge is 0.268 e. The Balaban J connectivity index is 0.897. The highest BCUT2D eigenvalue weighted by molar-refractivity contribution is 9.10. The van der Waals surface area contributed by atoms with Crippen LogP contribution in [0.25, 0.3) is 16.5 Å². The van der Waals surface area contributed by atoms with Crippen molar-refractivity contribution in [1.29, 1.82) is 0 Å². The van der Waals surface area contributed by atoms with E-state index in [1.807, 2.05) is 12.1 Å². The summed E-state index contributed by atoms with van der Waals surface area (Å²) >= 11 is 9.77. The molecule has 3 N–H and O–H groups in total. The van der Waals surface area contributed by atoms with Gasteiger partial charge in [0.25, 0.3) is 15.9 Å². The predicted octanol–water partition coefficient (Wildman–Crippen LogP) is 9.87. The minimum Gasteiger partial charge on any atom is -0.453 e. The Morgan fingerprint density at radius 3 is 2.46 bits per heavy atom. The zero-order valence-electron chi connectivity index (χ0n) is 36.8. The van der Waals surface area contributed by atoms with Crippen LogP contribution in [0.5, 0.6) is 11.5 Å². The molecule has 0 radical (unpaired) electrons. The molecule has 0 unspecified atom stereocenters. The van der Waals surface area contributed by atoms with Crippen molar-refractivity contribution in [2.45, 2.75) is 75.8 Å². The van der Waals surface area contributed by atoms with Crippen LogP contribution >= 0.6 is 27.5 Å². The van der Waals surface area contributed by atoms with Crippen molar-refractivity contribution in [2.24, 2.45) is 5.41 Å². The van der Waals surface area contributed by atoms with Crippen LogP contribution in [0.3, 0.4) is 0 Å². The van der Waals surface area contributed by atoms with Gasteiger partial charge in [0.1, 0.15) is 16.5 Å². The first kappa shape index (κ1) is 45.6. The van der Waals surface area contributed by atoms with Gasteiger partial charge in [-0.25, -0.2) is 22.5 Å². The number of allylic oxidation sites excluding steroid dienone is 1. The number of anilines is 2. The Morgan fingerprint density at radius 2 is 1.72 bits per heavy atom. The van der Waals surface area contributed by atoms with E-state index in [1.54, 1.807) is 30.5 Å². The molecular weight excluding hydrogens is 933 g/mol. The van der Waals surface area contributed by atoms with Crippen molar-refractivity contribution in [3.8, 4) is 11.5 Å². The third-order valence-electron chi connectivity index (χ3n) is 13.5. The number of rotatable bonds is 12. The minimum atomic E-state index is -4.39. The fraction of sp³-hybridized carbons (Fsp3) is 0.429. The molecule has 2 aromatic heterocycles. The van der Waals surface area contributed by atoms with Gasteiger partial charge in [0.15, 0.2) is 11.6 Å². The lowest BCUT2D eigenvalue weighted by atomic mass is 9.72. The number of amides is 1. The first-order valence-electron chi connectivity index (χ1n) is 22.6. The molecule has 3 aliphatic heterocycles. The van der Waals surface area contributed by atoms with Crippen LogP contribution in [-0.4, -0.2) is 105 Å². The molecule has 65 heavy (non-hydrogen) atoms. The van der Waals surface area contributed by atoms with Crippen molar-refractivity contribution >= 4 is 71.4 Å². The molecule has 9 rings (SSSR count). The monoisotopic (exact) mass is 987 g/mol. The van der Waals surface area contributed by atoms with Gasteiger partial charge >= 0.3 is 0 Å². The van der Waals surface area contributed by atoms with Gasteiger partial charge < -0.3 is 29.6 Å². The van der Waals surface area contributed by atoms with Crippen molar-refractivity contribution in [3.05, 3.63) is 111 Å². The van der Waals surface area contributed by atoms with E-state index < -0.39 is 21.7 Å². The van der Waals surface area contributed by atoms with Crippen LogP contribution in [-0.2, 0) is 14.8 Å². The van der Waals surface area contributed by atoms with Gasteiger partial charge in [-0.15, -0.1) is 0 Å². The lowest BCUT2D eigenvalue weighted by Gasteiger charge is -2.39. The summed E-state index contributed by atoms with van der Waals surface area (Å²) in [5.41, 5.74) is 5.63. The van der Waals surface area contributed by atoms with Crippen LogP contribution in [0.15, 0.2) is 94.1 Å². The number of sulfonamides is 1. The van der Waals surface area contributed by atoms with Gasteiger partial charge in [-0.1, -0.05) is 43.2 Å². The molecule has 5 heterocycles. The van der Waals surface area contributed by atoms with E-state index in [2.05, 4.69) is 76.6 Å². The van der Waals surface area contributed by atoms with Gasteiger partial charge in [-0.3, -0.25) is 9.69 Å². The third-order valence-corrected chi connectivity index (χ3v) is 15.7. The Bertz CT molecular complexity index is 2670. The van der Waals surface area contributed by atoms with E-state index in [-0.39, 0.29) is 33.4 Å². The van der Waals surface area contributed by atoms with Crippen LogP contribution in [0.4, 0.5) is 15.9 Å². The van der Waals surface area contributed by atoms with Crippen LogP contribution < -0.4 is 19.7 Å². The summed E-state index contributed by atoms with van der Waals surface area (Å²) in [5.74, 6) is -1.09. The lowest BCUT2D eigenvalue weighted by Crippen LogP contribution is -2.47. The quantitative estimate of drug-likeness (QED) is 0.111. The van der Waals surface area contributed by atoms with E-state index in [0.29, 0.717) is 34.9 Å². The number of carbonyl (C=O) groups is 1. The van der Waals surface area contributed by atoms with Crippen LogP contribution in [0.2, 0.25) is 5.02 Å². The standard InChI is InChI=1S/C49H56BrClFN7O5S/c1-49(2)15-9-34(41(29-49)32-3-5-35(51)6-4-32)31-57-19-21-59(22-20-57)38-7-8-40(45(26-38)64-46-25-33-10-16-53-44(33)28-43(46)52)48(60)56-65(61,62)39-27-42(50)47(54-30-39)55-36-11-17-58(18-12-36)37-13-23-63-24-14-37/h3-8,10,16,25-28,30,36-37,53H,9,11-15,17-24,29,31H2,1-2H3,(H,54,55)(H,56,60). The Kier molecular flexibility index (Phi) is 13.6. The number of likely N-dealkylation sites (tertiary alicyclic amines) is 1. The molecule has 4 aliphatic rings. The zero-order chi connectivity index (χ0) is 45.3. The second-order valence-corrected chi connectivity index (χ2v) is 21.5. The normalized spacial score (nSPS) is 19.4. The number of benzene rings is 3. The summed E-state index contributed by atoms with van der Waals surface area (Å²) in [6, 6.07) is 20.1. The second kappa shape index (κ2) is 19.4. The fourth-order valence-corrected chi connectivity index (χ4v) is 11.4. The number of pyridine rings is 1. The Morgan fingerprint density at radius 1 is 0.969 bits per heavy atom. The number of H-pyrrole nitrogens is 1. The number of nitrogens with one attached hydrogen (secondary N) is 3. The number of piperidine rings is 1. The second-order valence-electron chi connectivity index (χ2n) is 18.6. The van der Waals surface area contributed by atoms with E-state index in [0.717, 1.165) is 107 Å². The molecule has 3 fully saturated rings. The zero-order valence-corrected chi connectivity index (χ0v) is 40.0. The molecule has 1 amide bonds. The van der Waals surface area contributed by atoms with Crippen molar-refractivity contribution < 1.29 is 27.1 Å². The number of carbonyl (C=O) groups excluding carboxylic acids is 1. The molecular formula is C49H56BrClFN7O5S. The van der Waals surface area contributed by atoms with Gasteiger partial charge in [0.05, 0.1) is 10.0 Å². The highest BCUT2D eigenvalue weighted by Crippen LogP contribution is 2.44. The van der Waals surface area contributed by atoms with Gasteiger partial charge in [-0.05, 0) is 120 Å². The average molecular weight is 989 g/mol. The maximum atomic E-state index is 15.5. The molecule has 0 bridgehead atoms. The lowest BCUT2D eigenvalue weighted by molar-refractivity contribution is 0.0262. The molecule has 16 heteroatoms. The SMILES string of the molecule is CC1(C)CCC(CN2CCN(c3ccc(C(=O)NS(=O)(=O)c4cnc(NC5CCN(C6CCOCC6)CC5)c(Br)c4)c(Oc4cc5cc[nH]c5cc4F)c3)CC2)=C(c2ccc(Cl)cc2)C1. The van der Waals surface area contributed by atoms with Crippen molar-refractivity contribution in [3.63, 3.8) is 0 Å². The topological polar surface area (TPSA) is 132 Å². The molecule has 5 aromatic rings. The number of aromatic nitrogens is 2. The number of ether oxygens (including phenoxy) is 2. The van der Waals surface area contributed by atoms with E-state index in [9.17, 15) is 13.2 Å². The first-order valence-corrected chi connectivity index (χ1v) is 25.3. The molecule has 12 nitrogen and oxygen atoms in total. The third kappa shape index (κ3) is 10.7. The molecule has 344 valence electrons. The summed E-state index contributed by atoms with van der Waals surface area (Å²) in [4.78, 5) is 28.5. The molecule has 0 spiro atoms. The number of hydrogen-bond acceptors (Lipinski definition) is 10. The maximum absolute atomic E-state index is 15.5. The van der Waals surface area contributed by atoms with E-state index in [4.69, 9.17) is 21.1 Å². The number of piperazine rings is 1. The molecule has 1 aliphatic carbocycles. The van der Waals surface area contributed by atoms with E-state index >= 15 is 4.39 Å². The summed E-state index contributed by atoms with van der Waals surface area (Å²) in [6.07, 6.45) is 10.1. The highest BCUT2D eigenvalue weighted by Gasteiger charge is 2.31. The number of aromatic amines is 1. The van der Waals surface area contributed by atoms with E-state index in [1.165, 1.54) is 41.1 Å². The minimum absolute atomic E-state index is 0.0238. The van der Waals surface area contributed by atoms with Gasteiger partial charge in [-0.2, -0.15) is 0 Å². The summed E-state index contributed by atoms with van der Waals surface area (Å²) in [7, 11) is -4.39. The maximum Gasteiger partial charge on any atom is 0.268 e. The summed E-state index contributed by atoms with van der Waals surface area (Å²) in [6.45, 7) is 12.2.